The second-order valence-electron chi connectivity index (χ2n) is 4.14. The zero-order chi connectivity index (χ0) is 11.2. The predicted octanol–water partition coefficient (Wildman–Crippen LogP) is 2.94. The molecule has 0 radical (unpaired) electrons. The van der Waals surface area contributed by atoms with Gasteiger partial charge in [-0.05, 0) is 39.0 Å². The average molecular weight is 220 g/mol. The van der Waals surface area contributed by atoms with Crippen molar-refractivity contribution in [1.29, 1.82) is 0 Å². The molecule has 0 aromatic rings. The summed E-state index contributed by atoms with van der Waals surface area (Å²) in [6.45, 7) is 6.15. The van der Waals surface area contributed by atoms with Gasteiger partial charge in [0.15, 0.2) is 0 Å². The van der Waals surface area contributed by atoms with Gasteiger partial charge >= 0.3 is 7.60 Å². The van der Waals surface area contributed by atoms with Gasteiger partial charge in [0.1, 0.15) is 0 Å². The van der Waals surface area contributed by atoms with Crippen LogP contribution in [0.2, 0.25) is 0 Å². The lowest BCUT2D eigenvalue weighted by atomic mass is 10.0. The van der Waals surface area contributed by atoms with E-state index < -0.39 is 7.60 Å². The molecule has 0 spiro atoms. The van der Waals surface area contributed by atoms with E-state index in [-0.39, 0.29) is 6.16 Å². The van der Waals surface area contributed by atoms with Gasteiger partial charge in [-0.3, -0.25) is 4.57 Å². The fourth-order valence-electron chi connectivity index (χ4n) is 1.19. The van der Waals surface area contributed by atoms with Crippen LogP contribution in [0.5, 0.6) is 0 Å². The van der Waals surface area contributed by atoms with Gasteiger partial charge in [-0.15, -0.1) is 0 Å². The molecular weight excluding hydrogens is 199 g/mol. The van der Waals surface area contributed by atoms with E-state index >= 15 is 0 Å². The van der Waals surface area contributed by atoms with Crippen molar-refractivity contribution in [1.82, 2.24) is 0 Å². The standard InChI is InChI=1S/C10H21O3P/c1-9(2)5-4-6-10(3)7-8-14(11,12)13/h5,10H,4,6-8H2,1-3H3,(H2,11,12,13). The lowest BCUT2D eigenvalue weighted by Crippen LogP contribution is -1.98. The molecular formula is C10H21O3P. The zero-order valence-corrected chi connectivity index (χ0v) is 10.1. The Hall–Kier alpha value is -0.110. The quantitative estimate of drug-likeness (QED) is 0.534. The lowest BCUT2D eigenvalue weighted by Gasteiger charge is -2.10. The molecule has 0 rings (SSSR count). The Balaban J connectivity index is 3.62. The maximum atomic E-state index is 10.6. The highest BCUT2D eigenvalue weighted by molar-refractivity contribution is 7.51. The highest BCUT2D eigenvalue weighted by Crippen LogP contribution is 2.36. The first-order valence-corrected chi connectivity index (χ1v) is 6.79. The summed E-state index contributed by atoms with van der Waals surface area (Å²) in [5, 5.41) is 0. The van der Waals surface area contributed by atoms with Gasteiger partial charge in [0, 0.05) is 0 Å². The fraction of sp³-hybridized carbons (Fsp3) is 0.800. The first kappa shape index (κ1) is 13.9. The molecule has 3 nitrogen and oxygen atoms in total. The Bertz CT molecular complexity index is 226. The monoisotopic (exact) mass is 220 g/mol. The lowest BCUT2D eigenvalue weighted by molar-refractivity contribution is 0.365. The van der Waals surface area contributed by atoms with Gasteiger partial charge in [0.25, 0.3) is 0 Å². The SMILES string of the molecule is CC(C)=CCCC(C)CCP(=O)(O)O. The Labute approximate surface area is 86.4 Å². The van der Waals surface area contributed by atoms with Crippen LogP contribution >= 0.6 is 7.60 Å². The van der Waals surface area contributed by atoms with E-state index in [1.165, 1.54) is 5.57 Å². The summed E-state index contributed by atoms with van der Waals surface area (Å²) in [5.74, 6) is 0.387. The van der Waals surface area contributed by atoms with Crippen molar-refractivity contribution in [3.05, 3.63) is 11.6 Å². The van der Waals surface area contributed by atoms with E-state index in [0.717, 1.165) is 12.8 Å². The second kappa shape index (κ2) is 6.39. The summed E-state index contributed by atoms with van der Waals surface area (Å²) in [4.78, 5) is 17.4. The maximum absolute atomic E-state index is 10.6. The Kier molecular flexibility index (Phi) is 6.34. The Morgan fingerprint density at radius 3 is 2.36 bits per heavy atom. The summed E-state index contributed by atoms with van der Waals surface area (Å²) in [6, 6.07) is 0. The maximum Gasteiger partial charge on any atom is 0.325 e. The predicted molar refractivity (Wildman–Crippen MR) is 59.4 cm³/mol. The van der Waals surface area contributed by atoms with E-state index in [2.05, 4.69) is 19.9 Å². The van der Waals surface area contributed by atoms with Crippen LogP contribution in [0, 0.1) is 5.92 Å². The minimum atomic E-state index is -3.79. The third kappa shape index (κ3) is 9.97. The van der Waals surface area contributed by atoms with E-state index in [9.17, 15) is 4.57 Å². The van der Waals surface area contributed by atoms with Crippen LogP contribution in [0.15, 0.2) is 11.6 Å². The van der Waals surface area contributed by atoms with Crippen LogP contribution in [0.25, 0.3) is 0 Å². The van der Waals surface area contributed by atoms with Gasteiger partial charge in [-0.1, -0.05) is 18.6 Å². The third-order valence-electron chi connectivity index (χ3n) is 2.13. The molecule has 0 heterocycles. The normalized spacial score (nSPS) is 13.8. The van der Waals surface area contributed by atoms with Gasteiger partial charge < -0.3 is 9.79 Å². The minimum absolute atomic E-state index is 0.0169. The molecule has 4 heteroatoms. The molecule has 0 amide bonds. The van der Waals surface area contributed by atoms with Crippen molar-refractivity contribution in [3.63, 3.8) is 0 Å². The summed E-state index contributed by atoms with van der Waals surface area (Å²) in [6.07, 6.45) is 4.80. The topological polar surface area (TPSA) is 57.5 Å². The molecule has 0 saturated heterocycles. The molecule has 0 aliphatic rings. The molecule has 2 N–H and O–H groups in total. The number of hydrogen-bond donors (Lipinski definition) is 2. The van der Waals surface area contributed by atoms with E-state index in [1.807, 2.05) is 6.92 Å². The molecule has 84 valence electrons. The largest absolute Gasteiger partial charge is 0.325 e. The van der Waals surface area contributed by atoms with Crippen LogP contribution in [0.3, 0.4) is 0 Å². The van der Waals surface area contributed by atoms with Gasteiger partial charge in [-0.25, -0.2) is 0 Å². The molecule has 0 aliphatic carbocycles. The van der Waals surface area contributed by atoms with Crippen molar-refractivity contribution in [3.8, 4) is 0 Å². The van der Waals surface area contributed by atoms with Crippen LogP contribution in [0.1, 0.15) is 40.0 Å². The zero-order valence-electron chi connectivity index (χ0n) is 9.23. The molecule has 14 heavy (non-hydrogen) atoms. The fourth-order valence-corrected chi connectivity index (χ4v) is 1.97. The van der Waals surface area contributed by atoms with Crippen molar-refractivity contribution < 1.29 is 14.4 Å². The summed E-state index contributed by atoms with van der Waals surface area (Å²) in [7, 11) is -3.79. The molecule has 0 bridgehead atoms. The summed E-state index contributed by atoms with van der Waals surface area (Å²) >= 11 is 0. The minimum Gasteiger partial charge on any atom is -0.324 e. The molecule has 0 aliphatic heterocycles. The van der Waals surface area contributed by atoms with Crippen molar-refractivity contribution >= 4 is 7.60 Å². The summed E-state index contributed by atoms with van der Waals surface area (Å²) < 4.78 is 10.6. The first-order valence-electron chi connectivity index (χ1n) is 4.99. The van der Waals surface area contributed by atoms with Crippen LogP contribution in [0.4, 0.5) is 0 Å². The van der Waals surface area contributed by atoms with Crippen molar-refractivity contribution in [2.24, 2.45) is 5.92 Å². The second-order valence-corrected chi connectivity index (χ2v) is 5.92. The van der Waals surface area contributed by atoms with Crippen molar-refractivity contribution in [2.45, 2.75) is 40.0 Å². The first-order chi connectivity index (χ1) is 6.31. The molecule has 0 fully saturated rings. The van der Waals surface area contributed by atoms with Gasteiger partial charge in [-0.2, -0.15) is 0 Å². The summed E-state index contributed by atoms with van der Waals surface area (Å²) in [5.41, 5.74) is 1.30. The smallest absolute Gasteiger partial charge is 0.324 e. The van der Waals surface area contributed by atoms with Crippen molar-refractivity contribution in [2.75, 3.05) is 6.16 Å². The van der Waals surface area contributed by atoms with Crippen LogP contribution < -0.4 is 0 Å². The van der Waals surface area contributed by atoms with E-state index in [0.29, 0.717) is 12.3 Å². The Morgan fingerprint density at radius 2 is 1.93 bits per heavy atom. The molecule has 0 aromatic heterocycles. The van der Waals surface area contributed by atoms with Crippen LogP contribution in [-0.2, 0) is 4.57 Å². The molecule has 1 unspecified atom stereocenters. The molecule has 1 atom stereocenters. The van der Waals surface area contributed by atoms with E-state index in [4.69, 9.17) is 9.79 Å². The van der Waals surface area contributed by atoms with Gasteiger partial charge in [0.05, 0.1) is 6.16 Å². The molecule has 0 saturated carbocycles. The Morgan fingerprint density at radius 1 is 1.36 bits per heavy atom. The number of allylic oxidation sites excluding steroid dienone is 2. The number of rotatable bonds is 6. The number of hydrogen-bond acceptors (Lipinski definition) is 1. The highest BCUT2D eigenvalue weighted by Gasteiger charge is 2.14. The highest BCUT2D eigenvalue weighted by atomic mass is 31.2. The van der Waals surface area contributed by atoms with E-state index in [1.54, 1.807) is 0 Å². The average Bonchev–Trinajstić information content (AvgIpc) is 1.99. The van der Waals surface area contributed by atoms with Gasteiger partial charge in [0.2, 0.25) is 0 Å². The third-order valence-corrected chi connectivity index (χ3v) is 2.97. The molecule has 0 aromatic carbocycles. The van der Waals surface area contributed by atoms with Crippen LogP contribution in [-0.4, -0.2) is 15.9 Å².